The molecule has 2 aromatic heterocycles. The first kappa shape index (κ1) is 19.3. The van der Waals surface area contributed by atoms with Crippen molar-refractivity contribution in [1.82, 2.24) is 9.97 Å². The van der Waals surface area contributed by atoms with E-state index >= 15 is 0 Å². The number of pyridine rings is 1. The molecule has 2 amide bonds. The highest BCUT2D eigenvalue weighted by atomic mass is 32.1. The number of ether oxygens (including phenoxy) is 1. The fourth-order valence-corrected chi connectivity index (χ4v) is 3.33. The van der Waals surface area contributed by atoms with Crippen molar-refractivity contribution in [3.63, 3.8) is 0 Å². The summed E-state index contributed by atoms with van der Waals surface area (Å²) in [5.74, 6) is 0.352. The predicted molar refractivity (Wildman–Crippen MR) is 115 cm³/mol. The van der Waals surface area contributed by atoms with Crippen LogP contribution in [0.1, 0.15) is 20.7 Å². The van der Waals surface area contributed by atoms with Gasteiger partial charge in [0.25, 0.3) is 5.91 Å². The van der Waals surface area contributed by atoms with Gasteiger partial charge in [0.15, 0.2) is 5.13 Å². The molecule has 0 atom stereocenters. The molecular formula is C22H16N4O3S. The van der Waals surface area contributed by atoms with Crippen LogP contribution in [-0.2, 0) is 0 Å². The second kappa shape index (κ2) is 8.54. The number of primary amides is 1. The molecule has 0 fully saturated rings. The Labute approximate surface area is 176 Å². The van der Waals surface area contributed by atoms with Gasteiger partial charge in [-0.15, -0.1) is 11.3 Å². The molecule has 2 aromatic carbocycles. The number of nitrogens with zero attached hydrogens (tertiary/aromatic N) is 2. The zero-order chi connectivity index (χ0) is 20.9. The van der Waals surface area contributed by atoms with Gasteiger partial charge >= 0.3 is 0 Å². The minimum Gasteiger partial charge on any atom is -0.457 e. The molecule has 0 unspecified atom stereocenters. The lowest BCUT2D eigenvalue weighted by Crippen LogP contribution is -2.11. The number of hydrogen-bond donors (Lipinski definition) is 2. The van der Waals surface area contributed by atoms with Gasteiger partial charge in [-0.3, -0.25) is 19.9 Å². The van der Waals surface area contributed by atoms with Crippen molar-refractivity contribution in [3.05, 3.63) is 89.4 Å². The molecular weight excluding hydrogens is 400 g/mol. The highest BCUT2D eigenvalue weighted by molar-refractivity contribution is 7.14. The lowest BCUT2D eigenvalue weighted by molar-refractivity contribution is 0.0997. The average Bonchev–Trinajstić information content (AvgIpc) is 3.24. The van der Waals surface area contributed by atoms with Crippen LogP contribution in [-0.4, -0.2) is 21.8 Å². The standard InChI is InChI=1S/C22H16N4O3S/c23-20(27)14-4-8-16(9-5-14)29-17-10-6-15(7-11-17)21(28)26-22-25-19(13-30-22)18-3-1-2-12-24-18/h1-13H,(H2,23,27)(H,25,26,28). The largest absolute Gasteiger partial charge is 0.457 e. The lowest BCUT2D eigenvalue weighted by Gasteiger charge is -2.07. The minimum atomic E-state index is -0.496. The first-order chi connectivity index (χ1) is 14.6. The number of nitrogens with one attached hydrogen (secondary N) is 1. The van der Waals surface area contributed by atoms with E-state index in [0.29, 0.717) is 33.5 Å². The lowest BCUT2D eigenvalue weighted by atomic mass is 10.2. The van der Waals surface area contributed by atoms with E-state index in [0.717, 1.165) is 5.69 Å². The molecule has 0 radical (unpaired) electrons. The summed E-state index contributed by atoms with van der Waals surface area (Å²) in [6.07, 6.45) is 1.70. The summed E-state index contributed by atoms with van der Waals surface area (Å²) in [6.45, 7) is 0. The summed E-state index contributed by atoms with van der Waals surface area (Å²) in [4.78, 5) is 32.3. The van der Waals surface area contributed by atoms with Gasteiger partial charge in [0, 0.05) is 22.7 Å². The summed E-state index contributed by atoms with van der Waals surface area (Å²) in [5, 5.41) is 5.13. The Kier molecular flexibility index (Phi) is 5.49. The first-order valence-electron chi connectivity index (χ1n) is 8.94. The Morgan fingerprint density at radius 1 is 0.867 bits per heavy atom. The van der Waals surface area contributed by atoms with Crippen LogP contribution in [0.2, 0.25) is 0 Å². The van der Waals surface area contributed by atoms with Gasteiger partial charge in [-0.05, 0) is 60.7 Å². The molecule has 0 spiro atoms. The molecule has 0 aliphatic heterocycles. The number of anilines is 1. The van der Waals surface area contributed by atoms with Crippen LogP contribution in [0.15, 0.2) is 78.3 Å². The number of aromatic nitrogens is 2. The Bertz CT molecular complexity index is 1170. The molecule has 30 heavy (non-hydrogen) atoms. The second-order valence-electron chi connectivity index (χ2n) is 6.22. The van der Waals surface area contributed by atoms with Gasteiger partial charge in [-0.1, -0.05) is 6.07 Å². The fraction of sp³-hybridized carbons (Fsp3) is 0. The van der Waals surface area contributed by atoms with Gasteiger partial charge in [0.05, 0.1) is 5.69 Å². The van der Waals surface area contributed by atoms with E-state index in [1.807, 2.05) is 23.6 Å². The molecule has 0 saturated heterocycles. The van der Waals surface area contributed by atoms with Crippen LogP contribution in [0.3, 0.4) is 0 Å². The van der Waals surface area contributed by atoms with E-state index in [1.165, 1.54) is 11.3 Å². The fourth-order valence-electron chi connectivity index (χ4n) is 2.63. The van der Waals surface area contributed by atoms with Crippen LogP contribution in [0.25, 0.3) is 11.4 Å². The first-order valence-corrected chi connectivity index (χ1v) is 9.82. The number of carbonyl (C=O) groups excluding carboxylic acids is 2. The Hall–Kier alpha value is -4.04. The highest BCUT2D eigenvalue weighted by Crippen LogP contribution is 2.25. The Balaban J connectivity index is 1.39. The van der Waals surface area contributed by atoms with Crippen molar-refractivity contribution in [2.75, 3.05) is 5.32 Å². The number of carbonyl (C=O) groups is 2. The van der Waals surface area contributed by atoms with Gasteiger partial charge < -0.3 is 10.5 Å². The van der Waals surface area contributed by atoms with E-state index in [-0.39, 0.29) is 5.91 Å². The van der Waals surface area contributed by atoms with Gasteiger partial charge in [0.2, 0.25) is 5.91 Å². The molecule has 4 rings (SSSR count). The maximum atomic E-state index is 12.5. The number of amides is 2. The van der Waals surface area contributed by atoms with E-state index in [2.05, 4.69) is 15.3 Å². The van der Waals surface area contributed by atoms with Gasteiger partial charge in [-0.2, -0.15) is 0 Å². The smallest absolute Gasteiger partial charge is 0.257 e. The van der Waals surface area contributed by atoms with Crippen LogP contribution in [0, 0.1) is 0 Å². The summed E-state index contributed by atoms with van der Waals surface area (Å²) in [6, 6.07) is 18.8. The third-order valence-electron chi connectivity index (χ3n) is 4.14. The maximum Gasteiger partial charge on any atom is 0.257 e. The van der Waals surface area contributed by atoms with Crippen molar-refractivity contribution in [2.24, 2.45) is 5.73 Å². The van der Waals surface area contributed by atoms with Crippen LogP contribution >= 0.6 is 11.3 Å². The van der Waals surface area contributed by atoms with E-state index < -0.39 is 5.91 Å². The van der Waals surface area contributed by atoms with Crippen LogP contribution in [0.4, 0.5) is 5.13 Å². The monoisotopic (exact) mass is 416 g/mol. The molecule has 148 valence electrons. The van der Waals surface area contributed by atoms with Crippen molar-refractivity contribution < 1.29 is 14.3 Å². The predicted octanol–water partition coefficient (Wildman–Crippen LogP) is 4.35. The normalized spacial score (nSPS) is 10.4. The Morgan fingerprint density at radius 3 is 2.13 bits per heavy atom. The quantitative estimate of drug-likeness (QED) is 0.486. The number of benzene rings is 2. The van der Waals surface area contributed by atoms with Crippen LogP contribution in [0.5, 0.6) is 11.5 Å². The summed E-state index contributed by atoms with van der Waals surface area (Å²) in [7, 11) is 0. The zero-order valence-corrected chi connectivity index (χ0v) is 16.4. The molecule has 0 bridgehead atoms. The molecule has 7 nitrogen and oxygen atoms in total. The van der Waals surface area contributed by atoms with Crippen molar-refractivity contribution >= 4 is 28.3 Å². The SMILES string of the molecule is NC(=O)c1ccc(Oc2ccc(C(=O)Nc3nc(-c4ccccn4)cs3)cc2)cc1. The molecule has 4 aromatic rings. The van der Waals surface area contributed by atoms with E-state index in [1.54, 1.807) is 54.7 Å². The minimum absolute atomic E-state index is 0.269. The van der Waals surface area contributed by atoms with E-state index in [9.17, 15) is 9.59 Å². The number of nitrogens with two attached hydrogens (primary N) is 1. The van der Waals surface area contributed by atoms with Gasteiger partial charge in [-0.25, -0.2) is 4.98 Å². The van der Waals surface area contributed by atoms with Gasteiger partial charge in [0.1, 0.15) is 17.2 Å². The molecule has 0 aliphatic carbocycles. The second-order valence-corrected chi connectivity index (χ2v) is 7.08. The molecule has 8 heteroatoms. The van der Waals surface area contributed by atoms with Crippen molar-refractivity contribution in [3.8, 4) is 22.9 Å². The molecule has 3 N–H and O–H groups in total. The molecule has 2 heterocycles. The zero-order valence-electron chi connectivity index (χ0n) is 15.6. The third kappa shape index (κ3) is 4.50. The van der Waals surface area contributed by atoms with E-state index in [4.69, 9.17) is 10.5 Å². The van der Waals surface area contributed by atoms with Crippen LogP contribution < -0.4 is 15.8 Å². The van der Waals surface area contributed by atoms with Crippen molar-refractivity contribution in [2.45, 2.75) is 0 Å². The summed E-state index contributed by atoms with van der Waals surface area (Å²) in [5.41, 5.74) is 7.56. The maximum absolute atomic E-state index is 12.5. The highest BCUT2D eigenvalue weighted by Gasteiger charge is 2.11. The number of rotatable bonds is 6. The average molecular weight is 416 g/mol. The number of thiazole rings is 1. The topological polar surface area (TPSA) is 107 Å². The molecule has 0 saturated carbocycles. The summed E-state index contributed by atoms with van der Waals surface area (Å²) < 4.78 is 5.72. The summed E-state index contributed by atoms with van der Waals surface area (Å²) >= 11 is 1.33. The van der Waals surface area contributed by atoms with Crippen molar-refractivity contribution in [1.29, 1.82) is 0 Å². The third-order valence-corrected chi connectivity index (χ3v) is 4.90. The molecule has 0 aliphatic rings. The Morgan fingerprint density at radius 2 is 1.53 bits per heavy atom. The number of hydrogen-bond acceptors (Lipinski definition) is 6.